The molecule has 2 heterocycles. The van der Waals surface area contributed by atoms with Crippen molar-refractivity contribution in [2.45, 2.75) is 23.8 Å². The standard InChI is InChI=1S/C20H30N6O3S/c1-21-20(26-9-7-17(15-26)18-13-23-25(2)14-18)22-12-16-5-4-6-19(11-16)30(27,28)24-8-10-29-3/h4-6,11,13-14,17,24H,7-10,12,15H2,1-3H3,(H,21,22). The van der Waals surface area contributed by atoms with Crippen molar-refractivity contribution in [2.24, 2.45) is 12.0 Å². The predicted molar refractivity (Wildman–Crippen MR) is 116 cm³/mol. The van der Waals surface area contributed by atoms with E-state index in [0.29, 0.717) is 19.1 Å². The van der Waals surface area contributed by atoms with E-state index in [9.17, 15) is 8.42 Å². The number of rotatable bonds is 8. The molecule has 164 valence electrons. The summed E-state index contributed by atoms with van der Waals surface area (Å²) in [4.78, 5) is 6.87. The van der Waals surface area contributed by atoms with Crippen LogP contribution < -0.4 is 10.0 Å². The maximum absolute atomic E-state index is 12.4. The second-order valence-electron chi connectivity index (χ2n) is 7.32. The van der Waals surface area contributed by atoms with E-state index >= 15 is 0 Å². The zero-order chi connectivity index (χ0) is 21.6. The number of aryl methyl sites for hydroxylation is 1. The van der Waals surface area contributed by atoms with Gasteiger partial charge in [-0.3, -0.25) is 9.67 Å². The highest BCUT2D eigenvalue weighted by molar-refractivity contribution is 7.89. The van der Waals surface area contributed by atoms with Gasteiger partial charge >= 0.3 is 0 Å². The summed E-state index contributed by atoms with van der Waals surface area (Å²) in [6.07, 6.45) is 5.04. The van der Waals surface area contributed by atoms with Gasteiger partial charge in [0.25, 0.3) is 0 Å². The average molecular weight is 435 g/mol. The summed E-state index contributed by atoms with van der Waals surface area (Å²) < 4.78 is 34.1. The summed E-state index contributed by atoms with van der Waals surface area (Å²) in [6, 6.07) is 6.92. The van der Waals surface area contributed by atoms with Crippen molar-refractivity contribution in [3.63, 3.8) is 0 Å². The van der Waals surface area contributed by atoms with Crippen LogP contribution in [0.1, 0.15) is 23.5 Å². The van der Waals surface area contributed by atoms with Crippen LogP contribution in [-0.2, 0) is 28.4 Å². The van der Waals surface area contributed by atoms with Crippen LogP contribution in [0.2, 0.25) is 0 Å². The Labute approximate surface area is 178 Å². The molecule has 3 rings (SSSR count). The van der Waals surface area contributed by atoms with Crippen LogP contribution in [0.4, 0.5) is 0 Å². The van der Waals surface area contributed by atoms with Gasteiger partial charge in [0.2, 0.25) is 10.0 Å². The third kappa shape index (κ3) is 5.59. The molecule has 1 unspecified atom stereocenters. The summed E-state index contributed by atoms with van der Waals surface area (Å²) in [6.45, 7) is 2.84. The van der Waals surface area contributed by atoms with Crippen molar-refractivity contribution >= 4 is 16.0 Å². The van der Waals surface area contributed by atoms with E-state index in [4.69, 9.17) is 4.74 Å². The molecule has 1 fully saturated rings. The molecule has 0 amide bonds. The van der Waals surface area contributed by atoms with Crippen molar-refractivity contribution in [1.29, 1.82) is 0 Å². The molecule has 0 bridgehead atoms. The Hall–Kier alpha value is -2.43. The highest BCUT2D eigenvalue weighted by Gasteiger charge is 2.26. The zero-order valence-electron chi connectivity index (χ0n) is 17.7. The van der Waals surface area contributed by atoms with E-state index in [1.807, 2.05) is 24.0 Å². The first kappa shape index (κ1) is 22.3. The van der Waals surface area contributed by atoms with Gasteiger partial charge < -0.3 is 15.0 Å². The molecular weight excluding hydrogens is 404 g/mol. The molecule has 30 heavy (non-hydrogen) atoms. The number of ether oxygens (including phenoxy) is 1. The third-order valence-corrected chi connectivity index (χ3v) is 6.61. The number of aromatic nitrogens is 2. The van der Waals surface area contributed by atoms with Gasteiger partial charge in [-0.15, -0.1) is 0 Å². The largest absolute Gasteiger partial charge is 0.383 e. The number of hydrogen-bond acceptors (Lipinski definition) is 5. The lowest BCUT2D eigenvalue weighted by Crippen LogP contribution is -2.39. The van der Waals surface area contributed by atoms with E-state index in [-0.39, 0.29) is 11.4 Å². The number of nitrogens with zero attached hydrogens (tertiary/aromatic N) is 4. The van der Waals surface area contributed by atoms with Gasteiger partial charge in [0.1, 0.15) is 0 Å². The zero-order valence-corrected chi connectivity index (χ0v) is 18.5. The van der Waals surface area contributed by atoms with E-state index in [2.05, 4.69) is 31.2 Å². The highest BCUT2D eigenvalue weighted by Crippen LogP contribution is 2.26. The minimum atomic E-state index is -3.56. The second kappa shape index (κ2) is 10.1. The van der Waals surface area contributed by atoms with Crippen LogP contribution in [0.5, 0.6) is 0 Å². The number of guanidine groups is 1. The van der Waals surface area contributed by atoms with Gasteiger partial charge in [-0.25, -0.2) is 13.1 Å². The SMILES string of the molecule is CN=C(NCc1cccc(S(=O)(=O)NCCOC)c1)N1CCC(c2cnn(C)c2)C1. The molecule has 0 radical (unpaired) electrons. The molecule has 0 spiro atoms. The van der Waals surface area contributed by atoms with Crippen molar-refractivity contribution in [3.05, 3.63) is 47.8 Å². The minimum absolute atomic E-state index is 0.237. The maximum atomic E-state index is 12.4. The van der Waals surface area contributed by atoms with Crippen LogP contribution >= 0.6 is 0 Å². The number of nitrogens with one attached hydrogen (secondary N) is 2. The van der Waals surface area contributed by atoms with Crippen LogP contribution in [0.15, 0.2) is 46.5 Å². The minimum Gasteiger partial charge on any atom is -0.383 e. The molecule has 1 atom stereocenters. The lowest BCUT2D eigenvalue weighted by Gasteiger charge is -2.21. The molecule has 0 aliphatic carbocycles. The first-order valence-corrected chi connectivity index (χ1v) is 11.4. The van der Waals surface area contributed by atoms with Crippen LogP contribution in [-0.4, -0.2) is 69.5 Å². The fourth-order valence-electron chi connectivity index (χ4n) is 3.57. The van der Waals surface area contributed by atoms with Crippen LogP contribution in [0.3, 0.4) is 0 Å². The molecule has 1 aromatic heterocycles. The topological polar surface area (TPSA) is 101 Å². The molecule has 1 aromatic carbocycles. The Morgan fingerprint density at radius 3 is 2.93 bits per heavy atom. The molecule has 9 nitrogen and oxygen atoms in total. The number of likely N-dealkylation sites (tertiary alicyclic amines) is 1. The summed E-state index contributed by atoms with van der Waals surface area (Å²) in [5.41, 5.74) is 2.11. The van der Waals surface area contributed by atoms with Crippen molar-refractivity contribution in [2.75, 3.05) is 40.4 Å². The summed E-state index contributed by atoms with van der Waals surface area (Å²) >= 11 is 0. The number of methoxy groups -OCH3 is 1. The van der Waals surface area contributed by atoms with Gasteiger partial charge in [0.15, 0.2) is 5.96 Å². The molecule has 10 heteroatoms. The Bertz CT molecular complexity index is 972. The summed E-state index contributed by atoms with van der Waals surface area (Å²) in [5, 5.41) is 7.63. The normalized spacial score (nSPS) is 17.5. The van der Waals surface area contributed by atoms with E-state index < -0.39 is 10.0 Å². The van der Waals surface area contributed by atoms with Gasteiger partial charge in [-0.1, -0.05) is 12.1 Å². The molecular formula is C20H30N6O3S. The van der Waals surface area contributed by atoms with E-state index in [0.717, 1.165) is 31.0 Å². The fraction of sp³-hybridized carbons (Fsp3) is 0.500. The Balaban J connectivity index is 1.59. The van der Waals surface area contributed by atoms with Crippen molar-refractivity contribution < 1.29 is 13.2 Å². The Morgan fingerprint density at radius 2 is 2.23 bits per heavy atom. The molecule has 1 aliphatic rings. The average Bonchev–Trinajstić information content (AvgIpc) is 3.38. The third-order valence-electron chi connectivity index (χ3n) is 5.15. The smallest absolute Gasteiger partial charge is 0.240 e. The molecule has 1 saturated heterocycles. The monoisotopic (exact) mass is 434 g/mol. The number of benzene rings is 1. The van der Waals surface area contributed by atoms with Gasteiger partial charge in [-0.05, 0) is 29.7 Å². The van der Waals surface area contributed by atoms with Gasteiger partial charge in [0, 0.05) is 59.5 Å². The lowest BCUT2D eigenvalue weighted by atomic mass is 10.0. The lowest BCUT2D eigenvalue weighted by molar-refractivity contribution is 0.204. The quantitative estimate of drug-likeness (QED) is 0.364. The van der Waals surface area contributed by atoms with Crippen LogP contribution in [0.25, 0.3) is 0 Å². The fourth-order valence-corrected chi connectivity index (χ4v) is 4.66. The van der Waals surface area contributed by atoms with E-state index in [1.54, 1.807) is 25.2 Å². The molecule has 2 aromatic rings. The van der Waals surface area contributed by atoms with Crippen molar-refractivity contribution in [1.82, 2.24) is 24.7 Å². The summed E-state index contributed by atoms with van der Waals surface area (Å²) in [5.74, 6) is 1.25. The van der Waals surface area contributed by atoms with E-state index in [1.165, 1.54) is 12.7 Å². The number of aliphatic imine (C=N–C) groups is 1. The van der Waals surface area contributed by atoms with Crippen LogP contribution in [0, 0.1) is 0 Å². The molecule has 0 saturated carbocycles. The predicted octanol–water partition coefficient (Wildman–Crippen LogP) is 0.910. The van der Waals surface area contributed by atoms with Gasteiger partial charge in [-0.2, -0.15) is 5.10 Å². The van der Waals surface area contributed by atoms with Gasteiger partial charge in [0.05, 0.1) is 17.7 Å². The first-order chi connectivity index (χ1) is 14.4. The number of sulfonamides is 1. The molecule has 2 N–H and O–H groups in total. The maximum Gasteiger partial charge on any atom is 0.240 e. The first-order valence-electron chi connectivity index (χ1n) is 9.94. The number of hydrogen-bond donors (Lipinski definition) is 2. The van der Waals surface area contributed by atoms with Crippen molar-refractivity contribution in [3.8, 4) is 0 Å². The Kier molecular flexibility index (Phi) is 7.46. The Morgan fingerprint density at radius 1 is 1.40 bits per heavy atom. The summed E-state index contributed by atoms with van der Waals surface area (Å²) in [7, 11) is 1.67. The highest BCUT2D eigenvalue weighted by atomic mass is 32.2. The molecule has 1 aliphatic heterocycles. The second-order valence-corrected chi connectivity index (χ2v) is 9.08.